The summed E-state index contributed by atoms with van der Waals surface area (Å²) in [6.45, 7) is 4.18. The van der Waals surface area contributed by atoms with Crippen molar-refractivity contribution in [1.82, 2.24) is 9.88 Å². The van der Waals surface area contributed by atoms with Crippen molar-refractivity contribution in [3.8, 4) is 5.75 Å². The summed E-state index contributed by atoms with van der Waals surface area (Å²) < 4.78 is 18.9. The molecule has 4 rings (SSSR count). The zero-order valence-electron chi connectivity index (χ0n) is 12.8. The lowest BCUT2D eigenvalue weighted by Gasteiger charge is -2.35. The number of halogens is 1. The van der Waals surface area contributed by atoms with E-state index in [0.29, 0.717) is 5.52 Å². The highest BCUT2D eigenvalue weighted by Gasteiger charge is 2.31. The molecule has 5 heteroatoms. The zero-order chi connectivity index (χ0) is 15.1. The van der Waals surface area contributed by atoms with Crippen molar-refractivity contribution in [2.24, 2.45) is 0 Å². The van der Waals surface area contributed by atoms with Crippen molar-refractivity contribution >= 4 is 16.7 Å². The van der Waals surface area contributed by atoms with Crippen LogP contribution in [0.2, 0.25) is 0 Å². The second kappa shape index (κ2) is 5.39. The molecule has 1 saturated heterocycles. The SMILES string of the molecule is COc1cc2ccc(N3CCN(C4CC4)CC3)nc2cc1F. The molecule has 1 aliphatic carbocycles. The normalized spacial score (nSPS) is 19.6. The third-order valence-electron chi connectivity index (χ3n) is 4.65. The van der Waals surface area contributed by atoms with Gasteiger partial charge in [0.1, 0.15) is 5.82 Å². The monoisotopic (exact) mass is 301 g/mol. The molecule has 2 aliphatic rings. The maximum atomic E-state index is 13.9. The second-order valence-corrected chi connectivity index (χ2v) is 6.10. The zero-order valence-corrected chi connectivity index (χ0v) is 12.8. The number of hydrogen-bond donors (Lipinski definition) is 0. The van der Waals surface area contributed by atoms with Crippen LogP contribution < -0.4 is 9.64 Å². The Kier molecular flexibility index (Phi) is 3.37. The van der Waals surface area contributed by atoms with E-state index < -0.39 is 0 Å². The lowest BCUT2D eigenvalue weighted by molar-refractivity contribution is 0.247. The van der Waals surface area contributed by atoms with Crippen LogP contribution in [0.1, 0.15) is 12.8 Å². The fourth-order valence-electron chi connectivity index (χ4n) is 3.20. The molecule has 2 fully saturated rings. The molecular weight excluding hydrogens is 281 g/mol. The van der Waals surface area contributed by atoms with Crippen molar-refractivity contribution in [3.63, 3.8) is 0 Å². The van der Waals surface area contributed by atoms with Gasteiger partial charge in [-0.05, 0) is 31.0 Å². The predicted molar refractivity (Wildman–Crippen MR) is 85.1 cm³/mol. The van der Waals surface area contributed by atoms with Crippen LogP contribution in [-0.2, 0) is 0 Å². The first-order valence-corrected chi connectivity index (χ1v) is 7.88. The fraction of sp³-hybridized carbons (Fsp3) is 0.471. The molecule has 1 aliphatic heterocycles. The van der Waals surface area contributed by atoms with Crippen LogP contribution >= 0.6 is 0 Å². The third kappa shape index (κ3) is 2.50. The molecule has 0 amide bonds. The second-order valence-electron chi connectivity index (χ2n) is 6.10. The van der Waals surface area contributed by atoms with Crippen LogP contribution in [0.25, 0.3) is 10.9 Å². The van der Waals surface area contributed by atoms with E-state index in [1.807, 2.05) is 12.1 Å². The van der Waals surface area contributed by atoms with Gasteiger partial charge in [0.05, 0.1) is 12.6 Å². The largest absolute Gasteiger partial charge is 0.494 e. The highest BCUT2D eigenvalue weighted by molar-refractivity contribution is 5.82. The van der Waals surface area contributed by atoms with Gasteiger partial charge < -0.3 is 9.64 Å². The van der Waals surface area contributed by atoms with Crippen LogP contribution in [0.5, 0.6) is 5.75 Å². The van der Waals surface area contributed by atoms with Gasteiger partial charge in [-0.3, -0.25) is 4.90 Å². The summed E-state index contributed by atoms with van der Waals surface area (Å²) in [4.78, 5) is 9.50. The molecule has 0 spiro atoms. The summed E-state index contributed by atoms with van der Waals surface area (Å²) in [5, 5.41) is 0.901. The minimum atomic E-state index is -0.363. The van der Waals surface area contributed by atoms with Gasteiger partial charge in [-0.2, -0.15) is 0 Å². The number of aromatic nitrogens is 1. The number of methoxy groups -OCH3 is 1. The van der Waals surface area contributed by atoms with Crippen LogP contribution in [0.4, 0.5) is 10.2 Å². The number of ether oxygens (including phenoxy) is 1. The number of fused-ring (bicyclic) bond motifs is 1. The quantitative estimate of drug-likeness (QED) is 0.871. The Bertz CT molecular complexity index is 694. The van der Waals surface area contributed by atoms with Gasteiger partial charge in [0, 0.05) is 43.7 Å². The van der Waals surface area contributed by atoms with Gasteiger partial charge >= 0.3 is 0 Å². The first kappa shape index (κ1) is 13.8. The van der Waals surface area contributed by atoms with Crippen LogP contribution in [0, 0.1) is 5.82 Å². The lowest BCUT2D eigenvalue weighted by Crippen LogP contribution is -2.47. The van der Waals surface area contributed by atoms with Gasteiger partial charge in [0.25, 0.3) is 0 Å². The van der Waals surface area contributed by atoms with Crippen LogP contribution in [0.15, 0.2) is 24.3 Å². The van der Waals surface area contributed by atoms with E-state index in [0.717, 1.165) is 43.4 Å². The molecule has 1 saturated carbocycles. The molecule has 0 atom stereocenters. The first-order chi connectivity index (χ1) is 10.7. The highest BCUT2D eigenvalue weighted by atomic mass is 19.1. The summed E-state index contributed by atoms with van der Waals surface area (Å²) in [5.74, 6) is 0.839. The molecule has 2 heterocycles. The molecule has 1 aromatic heterocycles. The number of pyridine rings is 1. The lowest BCUT2D eigenvalue weighted by atomic mass is 10.2. The van der Waals surface area contributed by atoms with E-state index in [1.165, 1.54) is 26.0 Å². The smallest absolute Gasteiger partial charge is 0.167 e. The predicted octanol–water partition coefficient (Wildman–Crippen LogP) is 2.67. The molecule has 0 radical (unpaired) electrons. The Hall–Kier alpha value is -1.88. The van der Waals surface area contributed by atoms with E-state index in [1.54, 1.807) is 6.07 Å². The molecule has 0 unspecified atom stereocenters. The Balaban J connectivity index is 1.57. The van der Waals surface area contributed by atoms with Crippen molar-refractivity contribution in [1.29, 1.82) is 0 Å². The van der Waals surface area contributed by atoms with E-state index in [2.05, 4.69) is 14.8 Å². The van der Waals surface area contributed by atoms with Crippen LogP contribution in [-0.4, -0.2) is 49.2 Å². The van der Waals surface area contributed by atoms with Crippen molar-refractivity contribution < 1.29 is 9.13 Å². The standard InChI is InChI=1S/C17H20FN3O/c1-22-16-10-12-2-5-17(19-15(12)11-14(16)18)21-8-6-20(7-9-21)13-3-4-13/h2,5,10-11,13H,3-4,6-9H2,1H3. The van der Waals surface area contributed by atoms with Gasteiger partial charge in [0.15, 0.2) is 11.6 Å². The molecule has 1 aromatic carbocycles. The molecule has 2 aromatic rings. The van der Waals surface area contributed by atoms with Gasteiger partial charge in [-0.25, -0.2) is 9.37 Å². The fourth-order valence-corrected chi connectivity index (χ4v) is 3.20. The molecule has 0 N–H and O–H groups in total. The molecule has 22 heavy (non-hydrogen) atoms. The van der Waals surface area contributed by atoms with Gasteiger partial charge in [-0.15, -0.1) is 0 Å². The molecule has 116 valence electrons. The number of rotatable bonds is 3. The summed E-state index contributed by atoms with van der Waals surface area (Å²) >= 11 is 0. The first-order valence-electron chi connectivity index (χ1n) is 7.88. The van der Waals surface area contributed by atoms with E-state index >= 15 is 0 Å². The minimum absolute atomic E-state index is 0.264. The summed E-state index contributed by atoms with van der Waals surface area (Å²) in [6.07, 6.45) is 2.71. The number of hydrogen-bond acceptors (Lipinski definition) is 4. The maximum Gasteiger partial charge on any atom is 0.167 e. The van der Waals surface area contributed by atoms with Crippen molar-refractivity contribution in [2.75, 3.05) is 38.2 Å². The summed E-state index contributed by atoms with van der Waals surface area (Å²) in [5.41, 5.74) is 0.681. The Morgan fingerprint density at radius 2 is 1.91 bits per heavy atom. The van der Waals surface area contributed by atoms with Crippen molar-refractivity contribution in [2.45, 2.75) is 18.9 Å². The average Bonchev–Trinajstić information content (AvgIpc) is 3.39. The molecular formula is C17H20FN3O. The number of piperazine rings is 1. The average molecular weight is 301 g/mol. The number of nitrogens with zero attached hydrogens (tertiary/aromatic N) is 3. The maximum absolute atomic E-state index is 13.9. The van der Waals surface area contributed by atoms with E-state index in [-0.39, 0.29) is 11.6 Å². The highest BCUT2D eigenvalue weighted by Crippen LogP contribution is 2.29. The minimum Gasteiger partial charge on any atom is -0.494 e. The van der Waals surface area contributed by atoms with E-state index in [9.17, 15) is 4.39 Å². The van der Waals surface area contributed by atoms with Gasteiger partial charge in [0.2, 0.25) is 0 Å². The molecule has 0 bridgehead atoms. The third-order valence-corrected chi connectivity index (χ3v) is 4.65. The summed E-state index contributed by atoms with van der Waals surface area (Å²) in [7, 11) is 1.48. The van der Waals surface area contributed by atoms with Crippen molar-refractivity contribution in [3.05, 3.63) is 30.1 Å². The Morgan fingerprint density at radius 1 is 1.14 bits per heavy atom. The summed E-state index contributed by atoms with van der Waals surface area (Å²) in [6, 6.07) is 8.00. The number of anilines is 1. The van der Waals surface area contributed by atoms with Crippen LogP contribution in [0.3, 0.4) is 0 Å². The number of benzene rings is 1. The molecule has 4 nitrogen and oxygen atoms in total. The Morgan fingerprint density at radius 3 is 2.59 bits per heavy atom. The van der Waals surface area contributed by atoms with Gasteiger partial charge in [-0.1, -0.05) is 0 Å². The van der Waals surface area contributed by atoms with E-state index in [4.69, 9.17) is 4.74 Å². The Labute approximate surface area is 129 Å². The topological polar surface area (TPSA) is 28.6 Å².